The molecule has 0 spiro atoms. The Hall–Kier alpha value is -2.74. The van der Waals surface area contributed by atoms with Crippen LogP contribution in [0.5, 0.6) is 11.5 Å². The van der Waals surface area contributed by atoms with Crippen molar-refractivity contribution in [3.63, 3.8) is 0 Å². The van der Waals surface area contributed by atoms with Gasteiger partial charge in [-0.25, -0.2) is 0 Å². The zero-order chi connectivity index (χ0) is 22.1. The van der Waals surface area contributed by atoms with Gasteiger partial charge in [-0.2, -0.15) is 0 Å². The van der Waals surface area contributed by atoms with Crippen LogP contribution in [0.15, 0.2) is 66.7 Å². The fourth-order valence-corrected chi connectivity index (χ4v) is 4.02. The summed E-state index contributed by atoms with van der Waals surface area (Å²) in [7, 11) is 0. The summed E-state index contributed by atoms with van der Waals surface area (Å²) in [5.41, 5.74) is 5.21. The molecule has 0 unspecified atom stereocenters. The molecule has 0 aromatic heterocycles. The van der Waals surface area contributed by atoms with Crippen LogP contribution in [0.3, 0.4) is 0 Å². The predicted octanol–water partition coefficient (Wildman–Crippen LogP) is 7.07. The molecule has 2 N–H and O–H groups in total. The third-order valence-corrected chi connectivity index (χ3v) is 5.74. The first-order chi connectivity index (χ1) is 14.0. The predicted molar refractivity (Wildman–Crippen MR) is 126 cm³/mol. The third-order valence-electron chi connectivity index (χ3n) is 5.74. The highest BCUT2D eigenvalue weighted by Gasteiger charge is 2.24. The number of phenolic OH excluding ortho intramolecular Hbond substituents is 2. The second kappa shape index (κ2) is 8.18. The smallest absolute Gasteiger partial charge is 0.119 e. The number of hydrogen-bond acceptors (Lipinski definition) is 2. The molecule has 3 aromatic rings. The molecule has 0 bridgehead atoms. The van der Waals surface area contributed by atoms with E-state index in [1.165, 1.54) is 16.7 Å². The number of phenols is 2. The van der Waals surface area contributed by atoms with Crippen LogP contribution in [-0.2, 0) is 17.3 Å². The van der Waals surface area contributed by atoms with Crippen LogP contribution in [0, 0.1) is 0 Å². The van der Waals surface area contributed by atoms with Gasteiger partial charge in [-0.05, 0) is 57.2 Å². The van der Waals surface area contributed by atoms with Gasteiger partial charge in [0.15, 0.2) is 0 Å². The number of hydrogen-bond donors (Lipinski definition) is 2. The Morgan fingerprint density at radius 2 is 1.07 bits per heavy atom. The van der Waals surface area contributed by atoms with Gasteiger partial charge in [0.2, 0.25) is 0 Å². The van der Waals surface area contributed by atoms with Crippen molar-refractivity contribution < 1.29 is 10.2 Å². The molecule has 3 aromatic carbocycles. The topological polar surface area (TPSA) is 40.5 Å². The normalized spacial score (nSPS) is 12.4. The van der Waals surface area contributed by atoms with E-state index in [0.717, 1.165) is 17.5 Å². The van der Waals surface area contributed by atoms with E-state index in [-0.39, 0.29) is 16.7 Å². The van der Waals surface area contributed by atoms with Gasteiger partial charge in [-0.15, -0.1) is 0 Å². The molecule has 158 valence electrons. The summed E-state index contributed by atoms with van der Waals surface area (Å²) in [4.78, 5) is 0. The van der Waals surface area contributed by atoms with Gasteiger partial charge in [0.05, 0.1) is 0 Å². The molecule has 0 atom stereocenters. The van der Waals surface area contributed by atoms with Crippen molar-refractivity contribution >= 4 is 0 Å². The summed E-state index contributed by atoms with van der Waals surface area (Å²) >= 11 is 0. The van der Waals surface area contributed by atoms with E-state index >= 15 is 0 Å². The van der Waals surface area contributed by atoms with E-state index in [4.69, 9.17) is 0 Å². The molecular weight excluding hydrogens is 368 g/mol. The summed E-state index contributed by atoms with van der Waals surface area (Å²) in [5.74, 6) is 0.799. The van der Waals surface area contributed by atoms with E-state index in [9.17, 15) is 10.2 Å². The van der Waals surface area contributed by atoms with Crippen LogP contribution in [0.2, 0.25) is 0 Å². The number of benzene rings is 3. The summed E-state index contributed by atoms with van der Waals surface area (Å²) in [6.07, 6.45) is 0.851. The van der Waals surface area contributed by atoms with E-state index in [1.807, 2.05) is 30.3 Å². The first kappa shape index (κ1) is 22.0. The van der Waals surface area contributed by atoms with Crippen molar-refractivity contribution in [2.75, 3.05) is 0 Å². The van der Waals surface area contributed by atoms with Crippen LogP contribution >= 0.6 is 0 Å². The van der Waals surface area contributed by atoms with Crippen molar-refractivity contribution in [2.45, 2.75) is 64.7 Å². The molecule has 0 radical (unpaired) electrons. The molecule has 2 nitrogen and oxygen atoms in total. The molecule has 3 rings (SSSR count). The molecule has 0 aliphatic heterocycles. The minimum Gasteiger partial charge on any atom is -0.508 e. The maximum absolute atomic E-state index is 10.5. The second-order valence-corrected chi connectivity index (χ2v) is 10.3. The van der Waals surface area contributed by atoms with Gasteiger partial charge in [0.1, 0.15) is 11.5 Å². The highest BCUT2D eigenvalue weighted by molar-refractivity contribution is 5.48. The lowest BCUT2D eigenvalue weighted by Gasteiger charge is -2.26. The van der Waals surface area contributed by atoms with Crippen LogP contribution < -0.4 is 0 Å². The Bertz CT molecular complexity index is 942. The number of aromatic hydroxyl groups is 2. The molecule has 0 heterocycles. The Balaban J connectivity index is 2.16. The average Bonchev–Trinajstić information content (AvgIpc) is 2.66. The summed E-state index contributed by atoms with van der Waals surface area (Å²) < 4.78 is 0. The SMILES string of the molecule is CC(C)(C)c1cc(C(Cc2ccccc2)c2ccc(O)c(C(C)(C)C)c2)ccc1O. The summed E-state index contributed by atoms with van der Waals surface area (Å²) in [5, 5.41) is 20.9. The molecule has 0 fully saturated rings. The zero-order valence-electron chi connectivity index (χ0n) is 19.0. The summed E-state index contributed by atoms with van der Waals surface area (Å²) in [6.45, 7) is 12.7. The maximum atomic E-state index is 10.5. The second-order valence-electron chi connectivity index (χ2n) is 10.3. The maximum Gasteiger partial charge on any atom is 0.119 e. The molecule has 2 heteroatoms. The van der Waals surface area contributed by atoms with Gasteiger partial charge in [-0.1, -0.05) is 96.1 Å². The third kappa shape index (κ3) is 4.87. The van der Waals surface area contributed by atoms with Gasteiger partial charge < -0.3 is 10.2 Å². The lowest BCUT2D eigenvalue weighted by atomic mass is 9.78. The fourth-order valence-electron chi connectivity index (χ4n) is 4.02. The monoisotopic (exact) mass is 402 g/mol. The van der Waals surface area contributed by atoms with E-state index in [1.54, 1.807) is 0 Å². The molecule has 0 saturated heterocycles. The Morgan fingerprint density at radius 1 is 0.633 bits per heavy atom. The Morgan fingerprint density at radius 3 is 1.47 bits per heavy atom. The zero-order valence-corrected chi connectivity index (χ0v) is 19.0. The van der Waals surface area contributed by atoms with Gasteiger partial charge in [0, 0.05) is 5.92 Å². The minimum atomic E-state index is -0.150. The van der Waals surface area contributed by atoms with E-state index in [0.29, 0.717) is 11.5 Å². The lowest BCUT2D eigenvalue weighted by molar-refractivity contribution is 0.446. The highest BCUT2D eigenvalue weighted by Crippen LogP contribution is 2.39. The van der Waals surface area contributed by atoms with Gasteiger partial charge >= 0.3 is 0 Å². The standard InChI is InChI=1S/C28H34O2/c1-27(2,3)23-17-20(12-14-25(23)29)22(16-19-10-8-7-9-11-19)21-13-15-26(30)24(18-21)28(4,5)6/h7-15,17-18,22,29-30H,16H2,1-6H3. The van der Waals surface area contributed by atoms with Crippen molar-refractivity contribution in [1.82, 2.24) is 0 Å². The first-order valence-electron chi connectivity index (χ1n) is 10.7. The molecular formula is C28H34O2. The summed E-state index contributed by atoms with van der Waals surface area (Å²) in [6, 6.07) is 22.5. The van der Waals surface area contributed by atoms with Crippen LogP contribution in [-0.4, -0.2) is 10.2 Å². The van der Waals surface area contributed by atoms with Crippen LogP contribution in [0.25, 0.3) is 0 Å². The molecule has 0 saturated carbocycles. The molecule has 0 aliphatic carbocycles. The molecule has 30 heavy (non-hydrogen) atoms. The number of rotatable bonds is 4. The fraction of sp³-hybridized carbons (Fsp3) is 0.357. The Labute approximate surface area is 181 Å². The average molecular weight is 403 g/mol. The minimum absolute atomic E-state index is 0.121. The van der Waals surface area contributed by atoms with Gasteiger partial charge in [0.25, 0.3) is 0 Å². The largest absolute Gasteiger partial charge is 0.508 e. The van der Waals surface area contributed by atoms with Crippen molar-refractivity contribution in [3.8, 4) is 11.5 Å². The van der Waals surface area contributed by atoms with Crippen LogP contribution in [0.1, 0.15) is 75.3 Å². The first-order valence-corrected chi connectivity index (χ1v) is 10.7. The van der Waals surface area contributed by atoms with Crippen molar-refractivity contribution in [2.24, 2.45) is 0 Å². The lowest BCUT2D eigenvalue weighted by Crippen LogP contribution is -2.15. The van der Waals surface area contributed by atoms with Crippen molar-refractivity contribution in [3.05, 3.63) is 94.5 Å². The van der Waals surface area contributed by atoms with E-state index in [2.05, 4.69) is 77.9 Å². The highest BCUT2D eigenvalue weighted by atomic mass is 16.3. The quantitative estimate of drug-likeness (QED) is 0.490. The Kier molecular flexibility index (Phi) is 5.99. The molecule has 0 aliphatic rings. The van der Waals surface area contributed by atoms with Gasteiger partial charge in [-0.3, -0.25) is 0 Å². The van der Waals surface area contributed by atoms with Crippen molar-refractivity contribution in [1.29, 1.82) is 0 Å². The van der Waals surface area contributed by atoms with E-state index < -0.39 is 0 Å². The molecule has 0 amide bonds. The van der Waals surface area contributed by atoms with Crippen LogP contribution in [0.4, 0.5) is 0 Å².